The number of hydrogen-bond donors (Lipinski definition) is 1. The molecule has 4 rings (SSSR count). The first-order valence-electron chi connectivity index (χ1n) is 11.4. The van der Waals surface area contributed by atoms with Crippen molar-refractivity contribution in [3.63, 3.8) is 0 Å². The molecule has 0 radical (unpaired) electrons. The van der Waals surface area contributed by atoms with Crippen molar-refractivity contribution < 1.29 is 23.1 Å². The van der Waals surface area contributed by atoms with Crippen molar-refractivity contribution in [3.05, 3.63) is 89.0 Å². The lowest BCUT2D eigenvalue weighted by Gasteiger charge is -2.25. The van der Waals surface area contributed by atoms with Crippen molar-refractivity contribution in [3.8, 4) is 0 Å². The van der Waals surface area contributed by atoms with Crippen LogP contribution in [0, 0.1) is 5.92 Å². The zero-order chi connectivity index (χ0) is 25.3. The van der Waals surface area contributed by atoms with Gasteiger partial charge >= 0.3 is 0 Å². The van der Waals surface area contributed by atoms with E-state index in [0.29, 0.717) is 28.8 Å². The monoisotopic (exact) mass is 509 g/mol. The Morgan fingerprint density at radius 1 is 0.771 bits per heavy atom. The van der Waals surface area contributed by atoms with Gasteiger partial charge in [0, 0.05) is 45.1 Å². The Hall–Kier alpha value is -2.78. The highest BCUT2D eigenvalue weighted by atomic mass is 32.2. The largest absolute Gasteiger partial charge is 0.392 e. The van der Waals surface area contributed by atoms with Crippen LogP contribution in [0.25, 0.3) is 0 Å². The number of carbonyl (C=O) groups is 2. The van der Waals surface area contributed by atoms with Crippen LogP contribution in [0.2, 0.25) is 0 Å². The fourth-order valence-electron chi connectivity index (χ4n) is 4.08. The predicted molar refractivity (Wildman–Crippen MR) is 136 cm³/mol. The summed E-state index contributed by atoms with van der Waals surface area (Å²) >= 11 is 1.38. The quantitative estimate of drug-likeness (QED) is 0.372. The first-order valence-corrected chi connectivity index (χ1v) is 13.6. The summed E-state index contributed by atoms with van der Waals surface area (Å²) in [5.74, 6) is -0.226. The first kappa shape index (κ1) is 25.3. The zero-order valence-electron chi connectivity index (χ0n) is 19.8. The normalized spacial score (nSPS) is 14.2. The van der Waals surface area contributed by atoms with E-state index in [-0.39, 0.29) is 28.9 Å². The van der Waals surface area contributed by atoms with Crippen LogP contribution in [-0.2, 0) is 10.0 Å². The fraction of sp³-hybridized carbons (Fsp3) is 0.259. The van der Waals surface area contributed by atoms with Crippen LogP contribution in [-0.4, -0.2) is 48.6 Å². The number of nitrogens with zero attached hydrogens (tertiary/aromatic N) is 1. The molecular formula is C27H27NO5S2. The summed E-state index contributed by atoms with van der Waals surface area (Å²) in [5, 5.41) is 9.77. The van der Waals surface area contributed by atoms with Crippen LogP contribution in [0.3, 0.4) is 0 Å². The molecule has 0 fully saturated rings. The molecule has 0 bridgehead atoms. The van der Waals surface area contributed by atoms with Crippen molar-refractivity contribution in [1.29, 1.82) is 0 Å². The van der Waals surface area contributed by atoms with Crippen LogP contribution >= 0.6 is 11.8 Å². The molecule has 0 saturated heterocycles. The number of aliphatic hydroxyl groups excluding tert-OH is 1. The molecule has 0 spiro atoms. The average Bonchev–Trinajstić information content (AvgIpc) is 2.82. The summed E-state index contributed by atoms with van der Waals surface area (Å²) in [5.41, 5.74) is 1.59. The van der Waals surface area contributed by atoms with Gasteiger partial charge in [-0.3, -0.25) is 9.59 Å². The van der Waals surface area contributed by atoms with Gasteiger partial charge in [-0.25, -0.2) is 8.42 Å². The van der Waals surface area contributed by atoms with E-state index in [4.69, 9.17) is 0 Å². The summed E-state index contributed by atoms with van der Waals surface area (Å²) < 4.78 is 27.6. The molecule has 3 aromatic rings. The maximum absolute atomic E-state index is 13.1. The number of ketones is 2. The highest BCUT2D eigenvalue weighted by molar-refractivity contribution is 7.99. The van der Waals surface area contributed by atoms with Gasteiger partial charge in [-0.05, 0) is 55.3 Å². The molecule has 35 heavy (non-hydrogen) atoms. The van der Waals surface area contributed by atoms with Crippen molar-refractivity contribution in [2.75, 3.05) is 13.1 Å². The molecule has 0 aromatic heterocycles. The van der Waals surface area contributed by atoms with E-state index in [2.05, 4.69) is 0 Å². The Labute approximate surface area is 210 Å². The molecule has 0 amide bonds. The SMILES string of the molecule is CC(C)CN(CC(C)O)S(=O)(=O)c1ccc(Sc2ccc3c(c2)C(=O)c2ccccc2C3=O)cc1. The van der Waals surface area contributed by atoms with E-state index < -0.39 is 16.1 Å². The molecule has 182 valence electrons. The lowest BCUT2D eigenvalue weighted by molar-refractivity contribution is 0.0979. The van der Waals surface area contributed by atoms with Crippen molar-refractivity contribution in [1.82, 2.24) is 4.31 Å². The van der Waals surface area contributed by atoms with Crippen LogP contribution in [0.1, 0.15) is 52.6 Å². The minimum Gasteiger partial charge on any atom is -0.392 e. The topological polar surface area (TPSA) is 91.8 Å². The van der Waals surface area contributed by atoms with Gasteiger partial charge in [-0.1, -0.05) is 49.9 Å². The fourth-order valence-corrected chi connectivity index (χ4v) is 6.62. The van der Waals surface area contributed by atoms with Gasteiger partial charge in [0.2, 0.25) is 10.0 Å². The number of rotatable bonds is 8. The smallest absolute Gasteiger partial charge is 0.243 e. The van der Waals surface area contributed by atoms with E-state index in [0.717, 1.165) is 9.79 Å². The average molecular weight is 510 g/mol. The van der Waals surface area contributed by atoms with Crippen LogP contribution in [0.15, 0.2) is 81.4 Å². The van der Waals surface area contributed by atoms with Gasteiger partial charge in [-0.15, -0.1) is 0 Å². The van der Waals surface area contributed by atoms with Gasteiger partial charge < -0.3 is 5.11 Å². The highest BCUT2D eigenvalue weighted by Crippen LogP contribution is 2.34. The van der Waals surface area contributed by atoms with Crippen molar-refractivity contribution >= 4 is 33.4 Å². The maximum atomic E-state index is 13.1. The Morgan fingerprint density at radius 3 is 1.89 bits per heavy atom. The Bertz CT molecular complexity index is 1370. The minimum atomic E-state index is -3.75. The summed E-state index contributed by atoms with van der Waals surface area (Å²) in [4.78, 5) is 27.5. The number of sulfonamides is 1. The number of hydrogen-bond acceptors (Lipinski definition) is 6. The molecule has 1 aliphatic carbocycles. The summed E-state index contributed by atoms with van der Waals surface area (Å²) in [6, 6.07) is 18.5. The zero-order valence-corrected chi connectivity index (χ0v) is 21.4. The van der Waals surface area contributed by atoms with Gasteiger partial charge in [0.25, 0.3) is 0 Å². The van der Waals surface area contributed by atoms with E-state index in [1.807, 2.05) is 13.8 Å². The lowest BCUT2D eigenvalue weighted by Crippen LogP contribution is -2.38. The van der Waals surface area contributed by atoms with Crippen LogP contribution < -0.4 is 0 Å². The number of benzene rings is 3. The standard InChI is InChI=1S/C27H27NO5S2/c1-17(2)15-28(16-18(3)29)35(32,33)21-11-8-19(9-12-21)34-20-10-13-24-25(14-20)27(31)23-7-5-4-6-22(23)26(24)30/h4-14,17-18,29H,15-16H2,1-3H3. The summed E-state index contributed by atoms with van der Waals surface area (Å²) in [7, 11) is -3.75. The molecule has 3 aromatic carbocycles. The Balaban J connectivity index is 1.57. The first-order chi connectivity index (χ1) is 16.6. The third-order valence-corrected chi connectivity index (χ3v) is 8.47. The van der Waals surface area contributed by atoms with Gasteiger partial charge in [0.05, 0.1) is 11.0 Å². The van der Waals surface area contributed by atoms with E-state index in [1.165, 1.54) is 16.1 Å². The summed E-state index contributed by atoms with van der Waals surface area (Å²) in [6.45, 7) is 5.77. The molecule has 1 atom stereocenters. The second-order valence-electron chi connectivity index (χ2n) is 9.05. The minimum absolute atomic E-state index is 0.0298. The molecule has 0 aliphatic heterocycles. The van der Waals surface area contributed by atoms with Gasteiger partial charge in [-0.2, -0.15) is 4.31 Å². The molecule has 6 nitrogen and oxygen atoms in total. The second kappa shape index (κ2) is 10.1. The van der Waals surface area contributed by atoms with Gasteiger partial charge in [0.1, 0.15) is 0 Å². The second-order valence-corrected chi connectivity index (χ2v) is 12.1. The predicted octanol–water partition coefficient (Wildman–Crippen LogP) is 4.64. The Morgan fingerprint density at radius 2 is 1.31 bits per heavy atom. The maximum Gasteiger partial charge on any atom is 0.243 e. The molecule has 1 N–H and O–H groups in total. The lowest BCUT2D eigenvalue weighted by atomic mass is 9.84. The molecule has 1 unspecified atom stereocenters. The third kappa shape index (κ3) is 5.26. The molecule has 0 heterocycles. The molecule has 0 saturated carbocycles. The van der Waals surface area contributed by atoms with Crippen LogP contribution in [0.4, 0.5) is 0 Å². The molecule has 8 heteroatoms. The van der Waals surface area contributed by atoms with Crippen molar-refractivity contribution in [2.45, 2.75) is 41.6 Å². The van der Waals surface area contributed by atoms with E-state index >= 15 is 0 Å². The van der Waals surface area contributed by atoms with Gasteiger partial charge in [0.15, 0.2) is 11.6 Å². The summed E-state index contributed by atoms with van der Waals surface area (Å²) in [6.07, 6.45) is -0.774. The number of carbonyl (C=O) groups excluding carboxylic acids is 2. The van der Waals surface area contributed by atoms with Crippen LogP contribution in [0.5, 0.6) is 0 Å². The molecule has 1 aliphatic rings. The van der Waals surface area contributed by atoms with E-state index in [9.17, 15) is 23.1 Å². The number of fused-ring (bicyclic) bond motifs is 2. The van der Waals surface area contributed by atoms with Crippen molar-refractivity contribution in [2.24, 2.45) is 5.92 Å². The van der Waals surface area contributed by atoms with E-state index in [1.54, 1.807) is 73.7 Å². The Kier molecular flexibility index (Phi) is 7.28. The highest BCUT2D eigenvalue weighted by Gasteiger charge is 2.30. The third-order valence-electron chi connectivity index (χ3n) is 5.63. The molecular weight excluding hydrogens is 482 g/mol. The number of aliphatic hydroxyl groups is 1.